The largest absolute Gasteiger partial charge is 0.493 e. The van der Waals surface area contributed by atoms with Gasteiger partial charge in [0.15, 0.2) is 24.7 Å². The molecule has 0 unspecified atom stereocenters. The number of hydrogen-bond acceptors (Lipinski definition) is 5. The molecule has 0 aliphatic carbocycles. The van der Waals surface area contributed by atoms with Crippen LogP contribution in [0, 0.1) is 13.8 Å². The number of amides is 2. The van der Waals surface area contributed by atoms with Crippen LogP contribution in [0.3, 0.4) is 0 Å². The van der Waals surface area contributed by atoms with Crippen molar-refractivity contribution in [2.24, 2.45) is 0 Å². The summed E-state index contributed by atoms with van der Waals surface area (Å²) in [6.45, 7) is 4.39. The highest BCUT2D eigenvalue weighted by atomic mass is 16.5. The van der Waals surface area contributed by atoms with Gasteiger partial charge in [-0.25, -0.2) is 0 Å². The normalized spacial score (nSPS) is 10.1. The van der Waals surface area contributed by atoms with Crippen LogP contribution in [0.2, 0.25) is 0 Å². The molecule has 150 valence electrons. The lowest BCUT2D eigenvalue weighted by molar-refractivity contribution is -0.124. The van der Waals surface area contributed by atoms with E-state index in [-0.39, 0.29) is 25.0 Å². The predicted octanol–water partition coefficient (Wildman–Crippen LogP) is 2.00. The van der Waals surface area contributed by atoms with E-state index < -0.39 is 0 Å². The van der Waals surface area contributed by atoms with Gasteiger partial charge in [0, 0.05) is 13.1 Å². The molecule has 0 aliphatic rings. The van der Waals surface area contributed by atoms with Crippen molar-refractivity contribution < 1.29 is 23.8 Å². The Morgan fingerprint density at radius 2 is 1.43 bits per heavy atom. The fourth-order valence-corrected chi connectivity index (χ4v) is 2.34. The van der Waals surface area contributed by atoms with Crippen LogP contribution in [0.4, 0.5) is 0 Å². The number of para-hydroxylation sites is 2. The lowest BCUT2D eigenvalue weighted by Gasteiger charge is -2.11. The fourth-order valence-electron chi connectivity index (χ4n) is 2.34. The van der Waals surface area contributed by atoms with Crippen LogP contribution in [0.5, 0.6) is 17.2 Å². The van der Waals surface area contributed by atoms with Crippen LogP contribution in [-0.2, 0) is 9.59 Å². The van der Waals surface area contributed by atoms with Crippen LogP contribution >= 0.6 is 0 Å². The van der Waals surface area contributed by atoms with Crippen LogP contribution in [0.25, 0.3) is 0 Å². The summed E-state index contributed by atoms with van der Waals surface area (Å²) in [5, 5.41) is 5.36. The molecule has 0 aromatic heterocycles. The fraction of sp³-hybridized carbons (Fsp3) is 0.333. The van der Waals surface area contributed by atoms with Crippen molar-refractivity contribution >= 4 is 11.8 Å². The number of nitrogens with one attached hydrogen (secondary N) is 2. The number of aryl methyl sites for hydroxylation is 2. The average Bonchev–Trinajstić information content (AvgIpc) is 2.70. The first kappa shape index (κ1) is 21.1. The molecule has 0 saturated heterocycles. The van der Waals surface area contributed by atoms with Gasteiger partial charge in [0.1, 0.15) is 5.75 Å². The molecule has 0 saturated carbocycles. The molecule has 2 rings (SSSR count). The molecular weight excluding hydrogens is 360 g/mol. The Morgan fingerprint density at radius 3 is 2.04 bits per heavy atom. The number of ether oxygens (including phenoxy) is 3. The molecule has 28 heavy (non-hydrogen) atoms. The number of carbonyl (C=O) groups is 2. The van der Waals surface area contributed by atoms with Crippen LogP contribution in [-0.4, -0.2) is 45.2 Å². The minimum absolute atomic E-state index is 0.0760. The highest BCUT2D eigenvalue weighted by Gasteiger charge is 2.07. The molecule has 0 radical (unpaired) electrons. The number of methoxy groups -OCH3 is 1. The Labute approximate surface area is 165 Å². The Bertz CT molecular complexity index is 807. The number of carbonyl (C=O) groups excluding carboxylic acids is 2. The molecule has 2 aromatic carbocycles. The predicted molar refractivity (Wildman–Crippen MR) is 106 cm³/mol. The molecule has 7 nitrogen and oxygen atoms in total. The molecule has 2 N–H and O–H groups in total. The Hall–Kier alpha value is -3.22. The van der Waals surface area contributed by atoms with E-state index in [4.69, 9.17) is 14.2 Å². The van der Waals surface area contributed by atoms with E-state index in [2.05, 4.69) is 10.6 Å². The van der Waals surface area contributed by atoms with Crippen molar-refractivity contribution in [2.45, 2.75) is 13.8 Å². The second kappa shape index (κ2) is 10.8. The van der Waals surface area contributed by atoms with E-state index in [1.54, 1.807) is 18.2 Å². The smallest absolute Gasteiger partial charge is 0.258 e. The molecule has 0 atom stereocenters. The first-order valence-electron chi connectivity index (χ1n) is 8.99. The molecule has 0 heterocycles. The Balaban J connectivity index is 1.60. The number of rotatable bonds is 10. The lowest BCUT2D eigenvalue weighted by Crippen LogP contribution is -2.38. The van der Waals surface area contributed by atoms with E-state index in [1.165, 1.54) is 12.7 Å². The highest BCUT2D eigenvalue weighted by Crippen LogP contribution is 2.25. The maximum absolute atomic E-state index is 11.8. The zero-order chi connectivity index (χ0) is 20.4. The van der Waals surface area contributed by atoms with Gasteiger partial charge in [0.05, 0.1) is 7.11 Å². The minimum atomic E-state index is -0.286. The summed E-state index contributed by atoms with van der Waals surface area (Å²) in [4.78, 5) is 23.6. The van der Waals surface area contributed by atoms with Gasteiger partial charge in [-0.3, -0.25) is 9.59 Å². The van der Waals surface area contributed by atoms with Crippen molar-refractivity contribution in [1.82, 2.24) is 10.6 Å². The lowest BCUT2D eigenvalue weighted by atomic mass is 10.1. The van der Waals surface area contributed by atoms with Gasteiger partial charge < -0.3 is 24.8 Å². The van der Waals surface area contributed by atoms with Crippen molar-refractivity contribution in [3.05, 3.63) is 53.6 Å². The van der Waals surface area contributed by atoms with Gasteiger partial charge in [-0.15, -0.1) is 0 Å². The third kappa shape index (κ3) is 6.83. The SMILES string of the molecule is COc1ccccc1OCC(=O)NCCNC(=O)COc1ccc(C)c(C)c1. The minimum Gasteiger partial charge on any atom is -0.493 e. The van der Waals surface area contributed by atoms with E-state index in [0.717, 1.165) is 5.56 Å². The van der Waals surface area contributed by atoms with E-state index in [9.17, 15) is 9.59 Å². The quantitative estimate of drug-likeness (QED) is 0.610. The van der Waals surface area contributed by atoms with Crippen molar-refractivity contribution in [1.29, 1.82) is 0 Å². The molecule has 2 aromatic rings. The maximum Gasteiger partial charge on any atom is 0.258 e. The third-order valence-electron chi connectivity index (χ3n) is 4.05. The highest BCUT2D eigenvalue weighted by molar-refractivity contribution is 5.78. The number of hydrogen-bond donors (Lipinski definition) is 2. The van der Waals surface area contributed by atoms with Crippen LogP contribution in [0.15, 0.2) is 42.5 Å². The zero-order valence-corrected chi connectivity index (χ0v) is 16.4. The monoisotopic (exact) mass is 386 g/mol. The second-order valence-electron chi connectivity index (χ2n) is 6.17. The second-order valence-corrected chi connectivity index (χ2v) is 6.17. The summed E-state index contributed by atoms with van der Waals surface area (Å²) in [5.41, 5.74) is 2.28. The summed E-state index contributed by atoms with van der Waals surface area (Å²) in [6, 6.07) is 12.8. The maximum atomic E-state index is 11.8. The molecule has 2 amide bonds. The van der Waals surface area contributed by atoms with E-state index in [0.29, 0.717) is 30.3 Å². The molecule has 0 aliphatic heterocycles. The van der Waals surface area contributed by atoms with Gasteiger partial charge in [-0.1, -0.05) is 18.2 Å². The molecule has 0 fully saturated rings. The average molecular weight is 386 g/mol. The number of benzene rings is 2. The first-order chi connectivity index (χ1) is 13.5. The molecule has 0 spiro atoms. The summed E-state index contributed by atoms with van der Waals surface area (Å²) in [7, 11) is 1.54. The van der Waals surface area contributed by atoms with Gasteiger partial charge in [0.2, 0.25) is 0 Å². The van der Waals surface area contributed by atoms with Gasteiger partial charge in [-0.05, 0) is 49.2 Å². The third-order valence-corrected chi connectivity index (χ3v) is 4.05. The molecular formula is C21H26N2O5. The van der Waals surface area contributed by atoms with Gasteiger partial charge >= 0.3 is 0 Å². The summed E-state index contributed by atoms with van der Waals surface area (Å²) < 4.78 is 16.0. The Kier molecular flexibility index (Phi) is 8.14. The van der Waals surface area contributed by atoms with E-state index in [1.807, 2.05) is 38.1 Å². The van der Waals surface area contributed by atoms with E-state index >= 15 is 0 Å². The van der Waals surface area contributed by atoms with Crippen molar-refractivity contribution in [3.63, 3.8) is 0 Å². The van der Waals surface area contributed by atoms with Crippen molar-refractivity contribution in [2.75, 3.05) is 33.4 Å². The summed E-state index contributed by atoms with van der Waals surface area (Å²) >= 11 is 0. The Morgan fingerprint density at radius 1 is 0.821 bits per heavy atom. The van der Waals surface area contributed by atoms with Crippen molar-refractivity contribution in [3.8, 4) is 17.2 Å². The summed E-state index contributed by atoms with van der Waals surface area (Å²) in [5.74, 6) is 1.17. The molecule has 7 heteroatoms. The first-order valence-corrected chi connectivity index (χ1v) is 8.99. The van der Waals surface area contributed by atoms with Gasteiger partial charge in [-0.2, -0.15) is 0 Å². The zero-order valence-electron chi connectivity index (χ0n) is 16.4. The standard InChI is InChI=1S/C21H26N2O5/c1-15-8-9-17(12-16(15)2)27-13-20(24)22-10-11-23-21(25)14-28-19-7-5-4-6-18(19)26-3/h4-9,12H,10-11,13-14H2,1-3H3,(H,22,24)(H,23,25). The van der Waals surface area contributed by atoms with Crippen LogP contribution < -0.4 is 24.8 Å². The van der Waals surface area contributed by atoms with Crippen LogP contribution in [0.1, 0.15) is 11.1 Å². The summed E-state index contributed by atoms with van der Waals surface area (Å²) in [6.07, 6.45) is 0. The topological polar surface area (TPSA) is 85.9 Å². The molecule has 0 bridgehead atoms. The van der Waals surface area contributed by atoms with Gasteiger partial charge in [0.25, 0.3) is 11.8 Å².